The fraction of sp³-hybridized carbons (Fsp3) is 0.625. The maximum Gasteiger partial charge on any atom is 0.0594 e. The number of hydrogen-bond acceptors (Lipinski definition) is 3. The molecule has 0 aliphatic carbocycles. The molecule has 0 aromatic heterocycles. The van der Waals surface area contributed by atoms with Gasteiger partial charge in [-0.2, -0.15) is 0 Å². The van der Waals surface area contributed by atoms with E-state index >= 15 is 0 Å². The fourth-order valence-corrected chi connectivity index (χ4v) is 3.48. The van der Waals surface area contributed by atoms with Gasteiger partial charge in [0.05, 0.1) is 13.2 Å². The number of hydrogen-bond donors (Lipinski definition) is 0. The average Bonchev–Trinajstić information content (AvgIpc) is 2.51. The predicted molar refractivity (Wildman–Crippen MR) is 82.1 cm³/mol. The van der Waals surface area contributed by atoms with Gasteiger partial charge in [-0.15, -0.1) is 0 Å². The molecule has 3 nitrogen and oxygen atoms in total. The first-order valence-corrected chi connectivity index (χ1v) is 7.98. The second-order valence-electron chi connectivity index (χ2n) is 5.77. The van der Waals surface area contributed by atoms with Gasteiger partial charge in [-0.3, -0.25) is 9.80 Å². The molecule has 1 aromatic carbocycles. The summed E-state index contributed by atoms with van der Waals surface area (Å²) in [6.07, 6.45) is 2.60. The molecule has 0 N–H and O–H groups in total. The van der Waals surface area contributed by atoms with Gasteiger partial charge in [-0.25, -0.2) is 0 Å². The van der Waals surface area contributed by atoms with Gasteiger partial charge in [0, 0.05) is 37.2 Å². The summed E-state index contributed by atoms with van der Waals surface area (Å²) in [6, 6.07) is 8.89. The molecule has 0 amide bonds. The van der Waals surface area contributed by atoms with Crippen LogP contribution >= 0.6 is 11.6 Å². The topological polar surface area (TPSA) is 15.7 Å². The molecule has 110 valence electrons. The van der Waals surface area contributed by atoms with Gasteiger partial charge in [0.1, 0.15) is 0 Å². The lowest BCUT2D eigenvalue weighted by Crippen LogP contribution is -2.51. The molecule has 2 aliphatic heterocycles. The molecule has 2 aliphatic rings. The molecule has 1 atom stereocenters. The lowest BCUT2D eigenvalue weighted by atomic mass is 10.0. The number of halogens is 1. The Morgan fingerprint density at radius 2 is 1.95 bits per heavy atom. The van der Waals surface area contributed by atoms with Crippen LogP contribution in [0.3, 0.4) is 0 Å². The van der Waals surface area contributed by atoms with E-state index in [-0.39, 0.29) is 0 Å². The molecule has 0 bridgehead atoms. The van der Waals surface area contributed by atoms with Crippen LogP contribution in [0.1, 0.15) is 18.4 Å². The third kappa shape index (κ3) is 3.53. The van der Waals surface area contributed by atoms with Crippen LogP contribution in [0.4, 0.5) is 0 Å². The van der Waals surface area contributed by atoms with Crippen molar-refractivity contribution in [1.29, 1.82) is 0 Å². The molecule has 4 heteroatoms. The lowest BCUT2D eigenvalue weighted by Gasteiger charge is -2.41. The van der Waals surface area contributed by atoms with Gasteiger partial charge in [0.2, 0.25) is 0 Å². The van der Waals surface area contributed by atoms with E-state index in [1.54, 1.807) is 0 Å². The predicted octanol–water partition coefficient (Wildman–Crippen LogP) is 2.64. The number of ether oxygens (including phenoxy) is 1. The summed E-state index contributed by atoms with van der Waals surface area (Å²) in [5, 5.41) is 0.890. The maximum absolute atomic E-state index is 6.27. The highest BCUT2D eigenvalue weighted by Gasteiger charge is 2.26. The zero-order valence-corrected chi connectivity index (χ0v) is 12.7. The summed E-state index contributed by atoms with van der Waals surface area (Å²) in [4.78, 5) is 5.15. The number of benzene rings is 1. The van der Waals surface area contributed by atoms with Crippen LogP contribution in [0.2, 0.25) is 5.02 Å². The Kier molecular flexibility index (Phi) is 4.94. The molecule has 2 fully saturated rings. The Labute approximate surface area is 126 Å². The normalized spacial score (nSPS) is 25.8. The quantitative estimate of drug-likeness (QED) is 0.852. The van der Waals surface area contributed by atoms with E-state index in [0.29, 0.717) is 6.04 Å². The van der Waals surface area contributed by atoms with E-state index < -0.39 is 0 Å². The van der Waals surface area contributed by atoms with Crippen LogP contribution in [0, 0.1) is 0 Å². The number of morpholine rings is 1. The second kappa shape index (κ2) is 6.90. The molecule has 0 spiro atoms. The van der Waals surface area contributed by atoms with Crippen LogP contribution < -0.4 is 0 Å². The molecule has 1 unspecified atom stereocenters. The van der Waals surface area contributed by atoms with Crippen molar-refractivity contribution in [2.45, 2.75) is 25.4 Å². The van der Waals surface area contributed by atoms with Gasteiger partial charge in [0.15, 0.2) is 0 Å². The van der Waals surface area contributed by atoms with Crippen molar-refractivity contribution in [3.05, 3.63) is 34.9 Å². The van der Waals surface area contributed by atoms with Crippen LogP contribution in [0.15, 0.2) is 24.3 Å². The van der Waals surface area contributed by atoms with E-state index in [1.165, 1.54) is 24.9 Å². The molecule has 0 saturated carbocycles. The Bertz CT molecular complexity index is 434. The van der Waals surface area contributed by atoms with Crippen LogP contribution in [-0.4, -0.2) is 55.2 Å². The monoisotopic (exact) mass is 294 g/mol. The summed E-state index contributed by atoms with van der Waals surface area (Å²) < 4.78 is 5.46. The molecule has 20 heavy (non-hydrogen) atoms. The van der Waals surface area contributed by atoms with Crippen molar-refractivity contribution < 1.29 is 4.74 Å². The molecule has 3 rings (SSSR count). The Balaban J connectivity index is 1.59. The minimum absolute atomic E-state index is 0.690. The zero-order valence-electron chi connectivity index (χ0n) is 11.9. The lowest BCUT2D eigenvalue weighted by molar-refractivity contribution is -0.00357. The van der Waals surface area contributed by atoms with Crippen LogP contribution in [-0.2, 0) is 11.3 Å². The smallest absolute Gasteiger partial charge is 0.0594 e. The SMILES string of the molecule is Clc1ccccc1CN1CCCC(N2CCOCC2)C1. The van der Waals surface area contributed by atoms with Gasteiger partial charge in [-0.1, -0.05) is 29.8 Å². The number of likely N-dealkylation sites (tertiary alicyclic amines) is 1. The summed E-state index contributed by atoms with van der Waals surface area (Å²) in [6.45, 7) is 7.27. The Morgan fingerprint density at radius 1 is 1.15 bits per heavy atom. The van der Waals surface area contributed by atoms with Crippen molar-refractivity contribution in [3.63, 3.8) is 0 Å². The van der Waals surface area contributed by atoms with E-state index in [1.807, 2.05) is 12.1 Å². The largest absolute Gasteiger partial charge is 0.379 e. The standard InChI is InChI=1S/C16H23ClN2O/c17-16-6-2-1-4-14(16)12-18-7-3-5-15(13-18)19-8-10-20-11-9-19/h1-2,4,6,15H,3,5,7-13H2. The van der Waals surface area contributed by atoms with E-state index in [2.05, 4.69) is 21.9 Å². The number of piperidine rings is 1. The van der Waals surface area contributed by atoms with Crippen molar-refractivity contribution in [1.82, 2.24) is 9.80 Å². The fourth-order valence-electron chi connectivity index (χ4n) is 3.28. The first-order chi connectivity index (χ1) is 9.83. The van der Waals surface area contributed by atoms with Crippen molar-refractivity contribution >= 4 is 11.6 Å². The minimum Gasteiger partial charge on any atom is -0.379 e. The van der Waals surface area contributed by atoms with Gasteiger partial charge >= 0.3 is 0 Å². The first kappa shape index (κ1) is 14.3. The van der Waals surface area contributed by atoms with Crippen LogP contribution in [0.5, 0.6) is 0 Å². The summed E-state index contributed by atoms with van der Waals surface area (Å²) in [7, 11) is 0. The van der Waals surface area contributed by atoms with Crippen LogP contribution in [0.25, 0.3) is 0 Å². The molecule has 2 saturated heterocycles. The molecule has 1 aromatic rings. The number of rotatable bonds is 3. The Hall–Kier alpha value is -0.610. The third-order valence-corrected chi connectivity index (χ3v) is 4.76. The highest BCUT2D eigenvalue weighted by Crippen LogP contribution is 2.22. The van der Waals surface area contributed by atoms with Gasteiger partial charge in [-0.05, 0) is 31.0 Å². The molecule has 0 radical (unpaired) electrons. The van der Waals surface area contributed by atoms with E-state index in [9.17, 15) is 0 Å². The zero-order chi connectivity index (χ0) is 13.8. The molecular weight excluding hydrogens is 272 g/mol. The highest BCUT2D eigenvalue weighted by atomic mass is 35.5. The summed E-state index contributed by atoms with van der Waals surface area (Å²) >= 11 is 6.27. The minimum atomic E-state index is 0.690. The number of nitrogens with zero attached hydrogens (tertiary/aromatic N) is 2. The second-order valence-corrected chi connectivity index (χ2v) is 6.18. The van der Waals surface area contributed by atoms with Crippen molar-refractivity contribution in [2.24, 2.45) is 0 Å². The average molecular weight is 295 g/mol. The van der Waals surface area contributed by atoms with Crippen molar-refractivity contribution in [2.75, 3.05) is 39.4 Å². The maximum atomic E-state index is 6.27. The molecule has 2 heterocycles. The third-order valence-electron chi connectivity index (χ3n) is 4.39. The van der Waals surface area contributed by atoms with Crippen molar-refractivity contribution in [3.8, 4) is 0 Å². The van der Waals surface area contributed by atoms with Gasteiger partial charge < -0.3 is 4.74 Å². The summed E-state index contributed by atoms with van der Waals surface area (Å²) in [5.74, 6) is 0. The van der Waals surface area contributed by atoms with Gasteiger partial charge in [0.25, 0.3) is 0 Å². The first-order valence-electron chi connectivity index (χ1n) is 7.60. The molecular formula is C16H23ClN2O. The van der Waals surface area contributed by atoms with E-state index in [0.717, 1.165) is 44.4 Å². The highest BCUT2D eigenvalue weighted by molar-refractivity contribution is 6.31. The summed E-state index contributed by atoms with van der Waals surface area (Å²) in [5.41, 5.74) is 1.25. The Morgan fingerprint density at radius 3 is 2.75 bits per heavy atom. The van der Waals surface area contributed by atoms with E-state index in [4.69, 9.17) is 16.3 Å².